The molecule has 0 spiro atoms. The summed E-state index contributed by atoms with van der Waals surface area (Å²) in [6, 6.07) is 5.96. The van der Waals surface area contributed by atoms with Crippen molar-refractivity contribution in [2.24, 2.45) is 0 Å². The lowest BCUT2D eigenvalue weighted by Crippen LogP contribution is -2.38. The number of ether oxygens (including phenoxy) is 2. The van der Waals surface area contributed by atoms with Gasteiger partial charge in [0.05, 0.1) is 34.9 Å². The summed E-state index contributed by atoms with van der Waals surface area (Å²) in [5.74, 6) is -5.11. The lowest BCUT2D eigenvalue weighted by Gasteiger charge is -2.28. The maximum Gasteiger partial charge on any atom is 0.410 e. The largest absolute Gasteiger partial charge is 0.481 e. The highest BCUT2D eigenvalue weighted by atomic mass is 35.5. The fraction of sp³-hybridized carbons (Fsp3) is 0.296. The van der Waals surface area contributed by atoms with Crippen molar-refractivity contribution < 1.29 is 42.3 Å². The van der Waals surface area contributed by atoms with Gasteiger partial charge >= 0.3 is 12.1 Å². The number of carbonyl (C=O) groups excluding carboxylic acids is 1. The molecule has 0 fully saturated rings. The number of carboxylic acids is 1. The molecule has 0 bridgehead atoms. The molecule has 0 radical (unpaired) electrons. The van der Waals surface area contributed by atoms with Crippen LogP contribution in [0.15, 0.2) is 36.4 Å². The summed E-state index contributed by atoms with van der Waals surface area (Å²) in [4.78, 5) is 40.8. The molecule has 1 amide bonds. The molecule has 15 heteroatoms. The summed E-state index contributed by atoms with van der Waals surface area (Å²) in [6.45, 7) is 3.82. The third kappa shape index (κ3) is 7.78. The molecule has 2 N–H and O–H groups in total. The highest BCUT2D eigenvalue weighted by Gasteiger charge is 2.27. The number of methoxy groups -OCH3 is 1. The number of aromatic carboxylic acids is 1. The van der Waals surface area contributed by atoms with E-state index < -0.39 is 62.7 Å². The van der Waals surface area contributed by atoms with Gasteiger partial charge in [-0.25, -0.2) is 27.7 Å². The molecule has 0 unspecified atom stereocenters. The quantitative estimate of drug-likeness (QED) is 0.194. The number of pyridine rings is 1. The van der Waals surface area contributed by atoms with Crippen molar-refractivity contribution in [1.82, 2.24) is 9.88 Å². The minimum absolute atomic E-state index is 0.0435. The van der Waals surface area contributed by atoms with E-state index in [9.17, 15) is 33.6 Å². The third-order valence-corrected chi connectivity index (χ3v) is 6.00. The fourth-order valence-electron chi connectivity index (χ4n) is 3.77. The molecule has 11 nitrogen and oxygen atoms in total. The van der Waals surface area contributed by atoms with Crippen molar-refractivity contribution in [3.05, 3.63) is 85.8 Å². The Morgan fingerprint density at radius 3 is 2.40 bits per heavy atom. The second-order valence-electron chi connectivity index (χ2n) is 9.86. The van der Waals surface area contributed by atoms with Gasteiger partial charge in [-0.2, -0.15) is 0 Å². The topological polar surface area (TPSA) is 144 Å². The summed E-state index contributed by atoms with van der Waals surface area (Å²) in [5.41, 5.74) is -2.78. The first-order chi connectivity index (χ1) is 19.6. The number of carbonyl (C=O) groups is 2. The molecule has 3 rings (SSSR count). The number of hydrogen-bond acceptors (Lipinski definition) is 8. The first-order valence-corrected chi connectivity index (χ1v) is 12.6. The molecule has 0 atom stereocenters. The van der Waals surface area contributed by atoms with Crippen LogP contribution in [0.5, 0.6) is 5.88 Å². The minimum atomic E-state index is -1.53. The molecule has 0 aliphatic rings. The number of carboxylic acid groups (broad SMARTS) is 1. The summed E-state index contributed by atoms with van der Waals surface area (Å²) in [7, 11) is 1.32. The Morgan fingerprint density at radius 1 is 1.12 bits per heavy atom. The Hall–Kier alpha value is -4.59. The van der Waals surface area contributed by atoms with E-state index >= 15 is 4.39 Å². The summed E-state index contributed by atoms with van der Waals surface area (Å²) in [5, 5.41) is 23.3. The van der Waals surface area contributed by atoms with Crippen LogP contribution in [0.3, 0.4) is 0 Å². The average molecular weight is 611 g/mol. The van der Waals surface area contributed by atoms with Crippen molar-refractivity contribution in [2.45, 2.75) is 39.3 Å². The second kappa shape index (κ2) is 12.9. The van der Waals surface area contributed by atoms with Crippen LogP contribution in [0, 0.1) is 27.6 Å². The highest BCUT2D eigenvalue weighted by molar-refractivity contribution is 6.31. The number of benzene rings is 2. The Labute approximate surface area is 243 Å². The molecule has 0 aliphatic heterocycles. The van der Waals surface area contributed by atoms with E-state index in [2.05, 4.69) is 10.3 Å². The zero-order valence-corrected chi connectivity index (χ0v) is 23.6. The van der Waals surface area contributed by atoms with Crippen LogP contribution in [0.4, 0.5) is 35.0 Å². The number of aromatic nitrogens is 1. The van der Waals surface area contributed by atoms with Crippen LogP contribution in [0.1, 0.15) is 42.4 Å². The Morgan fingerprint density at radius 2 is 1.81 bits per heavy atom. The van der Waals surface area contributed by atoms with Gasteiger partial charge in [-0.3, -0.25) is 10.1 Å². The molecular formula is C27H26ClF3N4O7. The van der Waals surface area contributed by atoms with Crippen molar-refractivity contribution in [3.8, 4) is 5.88 Å². The van der Waals surface area contributed by atoms with Crippen molar-refractivity contribution in [3.63, 3.8) is 0 Å². The summed E-state index contributed by atoms with van der Waals surface area (Å²) >= 11 is 5.82. The van der Waals surface area contributed by atoms with E-state index in [1.807, 2.05) is 0 Å². The predicted molar refractivity (Wildman–Crippen MR) is 146 cm³/mol. The van der Waals surface area contributed by atoms with Crippen molar-refractivity contribution >= 4 is 40.7 Å². The number of halogens is 4. The van der Waals surface area contributed by atoms with Crippen LogP contribution < -0.4 is 10.1 Å². The molecule has 0 saturated carbocycles. The lowest BCUT2D eigenvalue weighted by molar-refractivity contribution is -0.386. The van der Waals surface area contributed by atoms with Gasteiger partial charge in [0, 0.05) is 36.3 Å². The molecule has 224 valence electrons. The maximum atomic E-state index is 15.2. The van der Waals surface area contributed by atoms with Crippen molar-refractivity contribution in [2.75, 3.05) is 19.0 Å². The predicted octanol–water partition coefficient (Wildman–Crippen LogP) is 6.49. The number of anilines is 2. The third-order valence-electron chi connectivity index (χ3n) is 5.71. The molecule has 0 saturated heterocycles. The number of hydrogen-bond donors (Lipinski definition) is 2. The lowest BCUT2D eigenvalue weighted by atomic mass is 10.1. The van der Waals surface area contributed by atoms with E-state index in [0.29, 0.717) is 6.07 Å². The molecular weight excluding hydrogens is 585 g/mol. The standard InChI is InChI=1S/C27H26ClF3N4O7/c1-27(2,3)42-26(38)34(10-9-20-22(35(39)40)7-8-23(33-20)41-4)13-15-19(6-5-17(29)24(15)31)32-21-12-16(28)18(30)11-14(21)25(36)37/h5-8,11-12,32H,9-10,13H2,1-4H3,(H,36,37). The van der Waals surface area contributed by atoms with Crippen molar-refractivity contribution in [1.29, 1.82) is 0 Å². The second-order valence-corrected chi connectivity index (χ2v) is 10.3. The van der Waals surface area contributed by atoms with E-state index in [-0.39, 0.29) is 41.6 Å². The highest BCUT2D eigenvalue weighted by Crippen LogP contribution is 2.32. The van der Waals surface area contributed by atoms with Crippen LogP contribution in [0.25, 0.3) is 0 Å². The number of nitrogens with one attached hydrogen (secondary N) is 1. The molecule has 1 aromatic heterocycles. The first-order valence-electron chi connectivity index (χ1n) is 12.2. The zero-order valence-electron chi connectivity index (χ0n) is 22.8. The smallest absolute Gasteiger partial charge is 0.410 e. The van der Waals surface area contributed by atoms with E-state index in [1.54, 1.807) is 20.8 Å². The number of amides is 1. The van der Waals surface area contributed by atoms with Gasteiger partial charge in [0.15, 0.2) is 11.6 Å². The normalized spacial score (nSPS) is 11.1. The monoisotopic (exact) mass is 610 g/mol. The van der Waals surface area contributed by atoms with Gasteiger partial charge in [-0.1, -0.05) is 11.6 Å². The summed E-state index contributed by atoms with van der Waals surface area (Å²) < 4.78 is 54.1. The van der Waals surface area contributed by atoms with Gasteiger partial charge in [-0.15, -0.1) is 0 Å². The fourth-order valence-corrected chi connectivity index (χ4v) is 3.93. The Kier molecular flexibility index (Phi) is 9.83. The van der Waals surface area contributed by atoms with E-state index in [1.165, 1.54) is 19.2 Å². The van der Waals surface area contributed by atoms with E-state index in [0.717, 1.165) is 23.1 Å². The van der Waals surface area contributed by atoms with Crippen LogP contribution >= 0.6 is 11.6 Å². The first kappa shape index (κ1) is 31.9. The van der Waals surface area contributed by atoms with Crippen LogP contribution in [-0.4, -0.2) is 51.2 Å². The van der Waals surface area contributed by atoms with Gasteiger partial charge in [-0.05, 0) is 45.0 Å². The molecule has 1 heterocycles. The molecule has 3 aromatic rings. The molecule has 0 aliphatic carbocycles. The van der Waals surface area contributed by atoms with Crippen LogP contribution in [-0.2, 0) is 17.7 Å². The minimum Gasteiger partial charge on any atom is -0.481 e. The number of nitro groups is 1. The van der Waals surface area contributed by atoms with Gasteiger partial charge in [0.2, 0.25) is 5.88 Å². The van der Waals surface area contributed by atoms with E-state index in [4.69, 9.17) is 21.1 Å². The Balaban J connectivity index is 2.05. The average Bonchev–Trinajstić information content (AvgIpc) is 2.90. The summed E-state index contributed by atoms with van der Waals surface area (Å²) in [6.07, 6.45) is -1.16. The molecule has 42 heavy (non-hydrogen) atoms. The SMILES string of the molecule is COc1ccc([N+](=O)[O-])c(CCN(Cc2c(Nc3cc(Cl)c(F)cc3C(=O)O)ccc(F)c2F)C(=O)OC(C)(C)C)n1. The zero-order chi connectivity index (χ0) is 31.4. The molecule has 2 aromatic carbocycles. The van der Waals surface area contributed by atoms with Gasteiger partial charge in [0.1, 0.15) is 17.1 Å². The number of nitrogens with zero attached hydrogens (tertiary/aromatic N) is 3. The van der Waals surface area contributed by atoms with Crippen LogP contribution in [0.2, 0.25) is 5.02 Å². The van der Waals surface area contributed by atoms with Gasteiger partial charge in [0.25, 0.3) is 5.69 Å². The number of rotatable bonds is 10. The Bertz CT molecular complexity index is 1530. The van der Waals surface area contributed by atoms with Gasteiger partial charge < -0.3 is 24.8 Å². The maximum absolute atomic E-state index is 15.2.